The van der Waals surface area contributed by atoms with Gasteiger partial charge in [-0.15, -0.1) is 11.3 Å². The Kier molecular flexibility index (Phi) is 3.47. The van der Waals surface area contributed by atoms with Gasteiger partial charge in [-0.3, -0.25) is 14.3 Å². The van der Waals surface area contributed by atoms with Crippen molar-refractivity contribution in [3.8, 4) is 11.5 Å². The third-order valence-electron chi connectivity index (χ3n) is 3.63. The topological polar surface area (TPSA) is 65.6 Å². The molecule has 0 bridgehead atoms. The maximum absolute atomic E-state index is 12.4. The number of aryl methyl sites for hydroxylation is 2. The molecule has 23 heavy (non-hydrogen) atoms. The molecule has 4 rings (SSSR count). The first kappa shape index (κ1) is 13.8. The van der Waals surface area contributed by atoms with Crippen molar-refractivity contribution in [2.45, 2.75) is 13.1 Å². The third kappa shape index (κ3) is 2.55. The maximum atomic E-state index is 12.4. The molecule has 0 fully saturated rings. The average Bonchev–Trinajstić information content (AvgIpc) is 3.24. The molecule has 0 N–H and O–H groups in total. The number of thiophene rings is 1. The van der Waals surface area contributed by atoms with Crippen molar-refractivity contribution in [2.75, 3.05) is 0 Å². The van der Waals surface area contributed by atoms with Crippen LogP contribution in [-0.2, 0) is 13.1 Å². The van der Waals surface area contributed by atoms with Crippen molar-refractivity contribution in [2.24, 2.45) is 0 Å². The van der Waals surface area contributed by atoms with Crippen molar-refractivity contribution in [3.63, 3.8) is 0 Å². The minimum atomic E-state index is 0.00417. The fraction of sp³-hybridized carbons (Fsp3) is 0.125. The van der Waals surface area contributed by atoms with E-state index in [2.05, 4.69) is 15.0 Å². The van der Waals surface area contributed by atoms with E-state index in [1.807, 2.05) is 40.4 Å². The number of aromatic nitrogens is 5. The van der Waals surface area contributed by atoms with Crippen molar-refractivity contribution in [1.82, 2.24) is 24.1 Å². The van der Waals surface area contributed by atoms with Crippen LogP contribution in [0.5, 0.6) is 0 Å². The third-order valence-corrected chi connectivity index (χ3v) is 4.52. The van der Waals surface area contributed by atoms with Gasteiger partial charge in [-0.05, 0) is 23.6 Å². The van der Waals surface area contributed by atoms with Crippen molar-refractivity contribution in [3.05, 3.63) is 64.9 Å². The van der Waals surface area contributed by atoms with Gasteiger partial charge in [0.15, 0.2) is 5.82 Å². The van der Waals surface area contributed by atoms with E-state index >= 15 is 0 Å². The molecule has 0 atom stereocenters. The molecule has 4 aromatic heterocycles. The van der Waals surface area contributed by atoms with Gasteiger partial charge in [0, 0.05) is 31.7 Å². The van der Waals surface area contributed by atoms with Gasteiger partial charge >= 0.3 is 0 Å². The number of hydrogen-bond acceptors (Lipinski definition) is 5. The van der Waals surface area contributed by atoms with E-state index in [4.69, 9.17) is 0 Å². The Morgan fingerprint density at radius 2 is 1.91 bits per heavy atom. The summed E-state index contributed by atoms with van der Waals surface area (Å²) in [7, 11) is 0. The van der Waals surface area contributed by atoms with Crippen molar-refractivity contribution >= 4 is 21.6 Å². The molecule has 7 heteroatoms. The van der Waals surface area contributed by atoms with E-state index in [1.54, 1.807) is 23.3 Å². The van der Waals surface area contributed by atoms with Crippen LogP contribution >= 0.6 is 11.3 Å². The molecule has 0 amide bonds. The second-order valence-electron chi connectivity index (χ2n) is 5.04. The molecule has 0 aromatic carbocycles. The summed E-state index contributed by atoms with van der Waals surface area (Å²) in [4.78, 5) is 25.4. The normalized spacial score (nSPS) is 11.1. The Labute approximate surface area is 135 Å². The number of rotatable bonds is 4. The summed E-state index contributed by atoms with van der Waals surface area (Å²) in [5, 5.41) is 1.89. The summed E-state index contributed by atoms with van der Waals surface area (Å²) in [6, 6.07) is 7.59. The fourth-order valence-corrected chi connectivity index (χ4v) is 3.26. The van der Waals surface area contributed by atoms with Gasteiger partial charge in [0.1, 0.15) is 10.4 Å². The molecule has 6 nitrogen and oxygen atoms in total. The Hall–Kier alpha value is -2.80. The molecule has 0 spiro atoms. The second-order valence-corrected chi connectivity index (χ2v) is 5.95. The molecule has 4 heterocycles. The summed E-state index contributed by atoms with van der Waals surface area (Å²) in [6.45, 7) is 1.17. The smallest absolute Gasteiger partial charge is 0.271 e. The highest BCUT2D eigenvalue weighted by atomic mass is 32.1. The summed E-state index contributed by atoms with van der Waals surface area (Å²) in [5.41, 5.74) is 1.58. The lowest BCUT2D eigenvalue weighted by Crippen LogP contribution is -2.22. The summed E-state index contributed by atoms with van der Waals surface area (Å²) >= 11 is 1.43. The lowest BCUT2D eigenvalue weighted by atomic mass is 10.3. The first-order chi connectivity index (χ1) is 11.3. The Morgan fingerprint density at radius 3 is 2.78 bits per heavy atom. The van der Waals surface area contributed by atoms with Crippen LogP contribution < -0.4 is 5.56 Å². The van der Waals surface area contributed by atoms with Gasteiger partial charge in [-0.2, -0.15) is 0 Å². The van der Waals surface area contributed by atoms with Crippen LogP contribution in [0, 0.1) is 0 Å². The van der Waals surface area contributed by atoms with Gasteiger partial charge < -0.3 is 4.57 Å². The molecular formula is C16H13N5OS. The molecule has 0 radical (unpaired) electrons. The van der Waals surface area contributed by atoms with E-state index in [-0.39, 0.29) is 5.56 Å². The van der Waals surface area contributed by atoms with Gasteiger partial charge in [-0.1, -0.05) is 6.07 Å². The lowest BCUT2D eigenvalue weighted by Gasteiger charge is -2.09. The molecule has 4 aromatic rings. The number of hydrogen-bond donors (Lipinski definition) is 0. The summed E-state index contributed by atoms with van der Waals surface area (Å²) in [6.07, 6.45) is 6.99. The van der Waals surface area contributed by atoms with Gasteiger partial charge in [-0.25, -0.2) is 9.97 Å². The van der Waals surface area contributed by atoms with Gasteiger partial charge in [0.2, 0.25) is 0 Å². The number of fused-ring (bicyclic) bond motifs is 1. The average molecular weight is 323 g/mol. The lowest BCUT2D eigenvalue weighted by molar-refractivity contribution is 0.565. The minimum Gasteiger partial charge on any atom is -0.328 e. The summed E-state index contributed by atoms with van der Waals surface area (Å²) in [5.74, 6) is 0.795. The first-order valence-electron chi connectivity index (χ1n) is 7.18. The molecule has 0 unspecified atom stereocenters. The van der Waals surface area contributed by atoms with Crippen LogP contribution in [0.15, 0.2) is 59.4 Å². The Morgan fingerprint density at radius 1 is 1.00 bits per heavy atom. The number of pyridine rings is 1. The molecule has 0 saturated carbocycles. The Balaban J connectivity index is 1.61. The number of imidazole rings is 1. The fourth-order valence-electron chi connectivity index (χ4n) is 2.47. The predicted molar refractivity (Wildman–Crippen MR) is 89.3 cm³/mol. The van der Waals surface area contributed by atoms with E-state index in [0.29, 0.717) is 17.8 Å². The van der Waals surface area contributed by atoms with Crippen LogP contribution in [0.3, 0.4) is 0 Å². The van der Waals surface area contributed by atoms with Crippen LogP contribution in [0.2, 0.25) is 0 Å². The highest BCUT2D eigenvalue weighted by Crippen LogP contribution is 2.15. The van der Waals surface area contributed by atoms with Crippen LogP contribution in [0.25, 0.3) is 21.7 Å². The zero-order valence-corrected chi connectivity index (χ0v) is 13.0. The first-order valence-corrected chi connectivity index (χ1v) is 8.06. The zero-order chi connectivity index (χ0) is 15.6. The van der Waals surface area contributed by atoms with Gasteiger partial charge in [0.05, 0.1) is 11.8 Å². The van der Waals surface area contributed by atoms with Crippen molar-refractivity contribution in [1.29, 1.82) is 0 Å². The van der Waals surface area contributed by atoms with Crippen LogP contribution in [-0.4, -0.2) is 24.1 Å². The molecular weight excluding hydrogens is 310 g/mol. The number of nitrogens with zero attached hydrogens (tertiary/aromatic N) is 5. The monoisotopic (exact) mass is 323 g/mol. The standard InChI is InChI=1S/C16H13N5OS/c22-16-14-12(4-10-23-14)19-11-21(16)9-8-20-7-6-18-15(20)13-3-1-2-5-17-13/h1-7,10-11H,8-9H2. The quantitative estimate of drug-likeness (QED) is 0.578. The highest BCUT2D eigenvalue weighted by molar-refractivity contribution is 7.17. The van der Waals surface area contributed by atoms with E-state index in [0.717, 1.165) is 17.0 Å². The molecule has 0 aliphatic carbocycles. The molecule has 0 saturated heterocycles. The minimum absolute atomic E-state index is 0.00417. The maximum Gasteiger partial charge on any atom is 0.271 e. The summed E-state index contributed by atoms with van der Waals surface area (Å²) < 4.78 is 4.33. The van der Waals surface area contributed by atoms with E-state index < -0.39 is 0 Å². The van der Waals surface area contributed by atoms with Crippen LogP contribution in [0.4, 0.5) is 0 Å². The predicted octanol–water partition coefficient (Wildman–Crippen LogP) is 2.42. The zero-order valence-electron chi connectivity index (χ0n) is 12.2. The van der Waals surface area contributed by atoms with Gasteiger partial charge in [0.25, 0.3) is 5.56 Å². The van der Waals surface area contributed by atoms with Crippen LogP contribution in [0.1, 0.15) is 0 Å². The molecule has 114 valence electrons. The largest absolute Gasteiger partial charge is 0.328 e. The Bertz CT molecular complexity index is 1000. The SMILES string of the molecule is O=c1c2sccc2ncn1CCn1ccnc1-c1ccccn1. The van der Waals surface area contributed by atoms with Crippen molar-refractivity contribution < 1.29 is 0 Å². The second kappa shape index (κ2) is 5.77. The molecule has 0 aliphatic rings. The highest BCUT2D eigenvalue weighted by Gasteiger charge is 2.08. The van der Waals surface area contributed by atoms with E-state index in [9.17, 15) is 4.79 Å². The van der Waals surface area contributed by atoms with E-state index in [1.165, 1.54) is 11.3 Å². The molecule has 0 aliphatic heterocycles.